The Morgan fingerprint density at radius 2 is 0.727 bits per heavy atom. The van der Waals surface area contributed by atoms with Gasteiger partial charge in [-0.3, -0.25) is 0 Å². The van der Waals surface area contributed by atoms with Gasteiger partial charge in [0.2, 0.25) is 0 Å². The monoisotopic (exact) mass is 395 g/mol. The molecule has 0 saturated heterocycles. The molecule has 0 spiro atoms. The molecular weight excluding hydrogens is 376 g/mol. The summed E-state index contributed by atoms with van der Waals surface area (Å²) in [6.45, 7) is 2.00. The summed E-state index contributed by atoms with van der Waals surface area (Å²) in [4.78, 5) is 8.00. The predicted molar refractivity (Wildman–Crippen MR) is 93.7 cm³/mol. The molecule has 3 rings (SSSR count). The molecule has 0 aliphatic carbocycles. The molecule has 0 N–H and O–H groups in total. The first-order valence-corrected chi connectivity index (χ1v) is 8.27. The van der Waals surface area contributed by atoms with Crippen LogP contribution < -0.4 is 15.9 Å². The molecule has 0 aliphatic heterocycles. The van der Waals surface area contributed by atoms with Crippen LogP contribution in [0.1, 0.15) is 0 Å². The number of carbonyl (C=O) groups is 1. The predicted octanol–water partition coefficient (Wildman–Crippen LogP) is 2.99. The maximum Gasteiger partial charge on any atom is 0.106 e. The number of hydrogen-bond donors (Lipinski definition) is 0. The van der Waals surface area contributed by atoms with Crippen molar-refractivity contribution in [2.45, 2.75) is 0 Å². The van der Waals surface area contributed by atoms with Gasteiger partial charge in [0.05, 0.1) is 7.92 Å². The summed E-state index contributed by atoms with van der Waals surface area (Å²) in [6, 6.07) is 32.5. The second-order valence-corrected chi connectivity index (χ2v) is 6.96. The van der Waals surface area contributed by atoms with Crippen LogP contribution in [0.2, 0.25) is 0 Å². The van der Waals surface area contributed by atoms with Crippen molar-refractivity contribution < 1.29 is 24.3 Å². The van der Waals surface area contributed by atoms with Crippen LogP contribution in [0.15, 0.2) is 91.0 Å². The molecule has 0 heterocycles. The zero-order valence-corrected chi connectivity index (χ0v) is 14.9. The van der Waals surface area contributed by atoms with E-state index in [2.05, 4.69) is 91.0 Å². The summed E-state index contributed by atoms with van der Waals surface area (Å²) < 4.78 is 0. The third-order valence-electron chi connectivity index (χ3n) is 3.19. The van der Waals surface area contributed by atoms with E-state index in [1.54, 1.807) is 0 Å². The van der Waals surface area contributed by atoms with Crippen LogP contribution in [0.4, 0.5) is 0 Å². The molecule has 3 aromatic rings. The summed E-state index contributed by atoms with van der Waals surface area (Å²) in [5, 5.41) is 4.31. The molecule has 0 aromatic heterocycles. The van der Waals surface area contributed by atoms with Gasteiger partial charge in [0, 0.05) is 19.5 Å². The van der Waals surface area contributed by atoms with E-state index in [9.17, 15) is 0 Å². The van der Waals surface area contributed by atoms with Crippen LogP contribution >= 0.6 is 7.92 Å². The quantitative estimate of drug-likeness (QED) is 0.493. The smallest absolute Gasteiger partial charge is 0.106 e. The summed E-state index contributed by atoms with van der Waals surface area (Å²) in [5.41, 5.74) is 0. The Bertz CT molecular complexity index is 550. The first-order valence-electron chi connectivity index (χ1n) is 6.77. The molecule has 3 heteroatoms. The molecule has 0 aliphatic rings. The molecule has 0 radical (unpaired) electrons. The SMILES string of the molecule is C=O.[Ru].c1ccc([PH+](c2ccccc2)c2ccccc2)cc1. The average molecular weight is 394 g/mol. The topological polar surface area (TPSA) is 17.1 Å². The molecule has 0 saturated carbocycles. The fraction of sp³-hybridized carbons (Fsp3) is 0. The van der Waals surface area contributed by atoms with Crippen molar-refractivity contribution in [2.24, 2.45) is 0 Å². The van der Waals surface area contributed by atoms with Crippen molar-refractivity contribution in [1.29, 1.82) is 0 Å². The van der Waals surface area contributed by atoms with Crippen molar-refractivity contribution in [3.8, 4) is 0 Å². The van der Waals surface area contributed by atoms with Gasteiger partial charge in [-0.1, -0.05) is 54.6 Å². The molecule has 0 atom stereocenters. The van der Waals surface area contributed by atoms with Crippen molar-refractivity contribution in [3.05, 3.63) is 91.0 Å². The molecule has 0 bridgehead atoms. The summed E-state index contributed by atoms with van der Waals surface area (Å²) in [6.07, 6.45) is 0. The van der Waals surface area contributed by atoms with E-state index in [-0.39, 0.29) is 19.5 Å². The fourth-order valence-electron chi connectivity index (χ4n) is 2.31. The zero-order chi connectivity index (χ0) is 14.9. The maximum absolute atomic E-state index is 8.00. The van der Waals surface area contributed by atoms with Crippen LogP contribution in [-0.2, 0) is 24.3 Å². The van der Waals surface area contributed by atoms with Gasteiger partial charge in [0.25, 0.3) is 0 Å². The van der Waals surface area contributed by atoms with E-state index in [1.165, 1.54) is 15.9 Å². The van der Waals surface area contributed by atoms with Gasteiger partial charge < -0.3 is 4.79 Å². The van der Waals surface area contributed by atoms with Gasteiger partial charge in [-0.05, 0) is 36.4 Å². The first-order chi connectivity index (χ1) is 10.4. The van der Waals surface area contributed by atoms with Crippen LogP contribution in [-0.4, -0.2) is 6.79 Å². The molecular formula is C19H18OPRu+. The fourth-order valence-corrected chi connectivity index (χ4v) is 4.89. The van der Waals surface area contributed by atoms with Crippen molar-refractivity contribution in [2.75, 3.05) is 0 Å². The summed E-state index contributed by atoms with van der Waals surface area (Å²) in [7, 11) is -0.877. The van der Waals surface area contributed by atoms with Gasteiger partial charge in [-0.15, -0.1) is 0 Å². The molecule has 1 nitrogen and oxygen atoms in total. The van der Waals surface area contributed by atoms with E-state index >= 15 is 0 Å². The normalized spacial score (nSPS) is 9.32. The Hall–Kier alpha value is -1.62. The van der Waals surface area contributed by atoms with Crippen LogP contribution in [0, 0.1) is 0 Å². The van der Waals surface area contributed by atoms with Gasteiger partial charge in [0.15, 0.2) is 0 Å². The molecule has 112 valence electrons. The second kappa shape index (κ2) is 10.2. The summed E-state index contributed by atoms with van der Waals surface area (Å²) >= 11 is 0. The Labute approximate surface area is 145 Å². The summed E-state index contributed by atoms with van der Waals surface area (Å²) in [5.74, 6) is 0. The minimum absolute atomic E-state index is 0. The minimum atomic E-state index is -0.877. The molecule has 22 heavy (non-hydrogen) atoms. The van der Waals surface area contributed by atoms with Gasteiger partial charge in [-0.2, -0.15) is 0 Å². The average Bonchev–Trinajstić information content (AvgIpc) is 2.60. The Kier molecular flexibility index (Phi) is 8.52. The van der Waals surface area contributed by atoms with E-state index < -0.39 is 7.92 Å². The van der Waals surface area contributed by atoms with Gasteiger partial charge in [0.1, 0.15) is 22.7 Å². The van der Waals surface area contributed by atoms with Crippen molar-refractivity contribution in [1.82, 2.24) is 0 Å². The van der Waals surface area contributed by atoms with E-state index in [0.717, 1.165) is 0 Å². The Balaban J connectivity index is 0.000000775. The van der Waals surface area contributed by atoms with E-state index in [1.807, 2.05) is 6.79 Å². The Morgan fingerprint density at radius 1 is 0.500 bits per heavy atom. The maximum atomic E-state index is 8.00. The third-order valence-corrected chi connectivity index (χ3v) is 5.92. The standard InChI is InChI=1S/C18H15P.CH2O.Ru/c1-4-10-16(11-5-1)19(17-12-6-2-7-13-17)18-14-8-3-9-15-18;1-2;/h1-15H;1H2;/p+1. The van der Waals surface area contributed by atoms with Crippen molar-refractivity contribution in [3.63, 3.8) is 0 Å². The first kappa shape index (κ1) is 18.4. The number of hydrogen-bond acceptors (Lipinski definition) is 1. The van der Waals surface area contributed by atoms with Gasteiger partial charge in [-0.25, -0.2) is 0 Å². The molecule has 0 unspecified atom stereocenters. The van der Waals surface area contributed by atoms with Gasteiger partial charge >= 0.3 is 0 Å². The molecule has 0 fully saturated rings. The van der Waals surface area contributed by atoms with E-state index in [0.29, 0.717) is 0 Å². The number of benzene rings is 3. The Morgan fingerprint density at radius 3 is 0.955 bits per heavy atom. The van der Waals surface area contributed by atoms with Crippen molar-refractivity contribution >= 4 is 30.6 Å². The number of rotatable bonds is 3. The van der Waals surface area contributed by atoms with Crippen LogP contribution in [0.3, 0.4) is 0 Å². The second-order valence-electron chi connectivity index (χ2n) is 4.47. The zero-order valence-electron chi connectivity index (χ0n) is 12.1. The molecule has 3 aromatic carbocycles. The van der Waals surface area contributed by atoms with Crippen LogP contribution in [0.5, 0.6) is 0 Å². The number of carbonyl (C=O) groups excluding carboxylic acids is 1. The largest absolute Gasteiger partial charge is 0.307 e. The third kappa shape index (κ3) is 4.70. The van der Waals surface area contributed by atoms with E-state index in [4.69, 9.17) is 4.79 Å². The molecule has 0 amide bonds. The van der Waals surface area contributed by atoms with Crippen LogP contribution in [0.25, 0.3) is 0 Å². The minimum Gasteiger partial charge on any atom is -0.307 e.